The third kappa shape index (κ3) is 2.05. The maximum Gasteiger partial charge on any atom is 0.253 e. The number of carbonyl (C=O) groups excluding carboxylic acids is 1. The summed E-state index contributed by atoms with van der Waals surface area (Å²) < 4.78 is 5.07. The van der Waals surface area contributed by atoms with Gasteiger partial charge in [-0.25, -0.2) is 0 Å². The highest BCUT2D eigenvalue weighted by Gasteiger charge is 2.10. The first kappa shape index (κ1) is 10.6. The summed E-state index contributed by atoms with van der Waals surface area (Å²) in [4.78, 5) is 13.2. The van der Waals surface area contributed by atoms with Gasteiger partial charge in [0, 0.05) is 19.7 Å². The Morgan fingerprint density at radius 3 is 2.43 bits per heavy atom. The van der Waals surface area contributed by atoms with E-state index < -0.39 is 0 Å². The standard InChI is InChI=1S/C11H15NO2/c1-8-7-9(14-4)5-6-10(8)11(13)12(2)3/h5-7H,1-4H3. The van der Waals surface area contributed by atoms with Crippen LogP contribution in [0.15, 0.2) is 18.2 Å². The van der Waals surface area contributed by atoms with Crippen LogP contribution in [0.2, 0.25) is 0 Å². The van der Waals surface area contributed by atoms with Crippen LogP contribution in [-0.2, 0) is 0 Å². The van der Waals surface area contributed by atoms with Crippen LogP contribution in [-0.4, -0.2) is 32.0 Å². The van der Waals surface area contributed by atoms with E-state index in [1.54, 1.807) is 38.2 Å². The number of hydrogen-bond donors (Lipinski definition) is 0. The SMILES string of the molecule is COc1ccc(C(=O)N(C)C)c(C)c1. The Bertz CT molecular complexity index is 345. The molecule has 0 heterocycles. The molecule has 1 aromatic carbocycles. The minimum Gasteiger partial charge on any atom is -0.497 e. The normalized spacial score (nSPS) is 9.71. The van der Waals surface area contributed by atoms with Gasteiger partial charge in [-0.15, -0.1) is 0 Å². The predicted molar refractivity (Wildman–Crippen MR) is 55.7 cm³/mol. The van der Waals surface area contributed by atoms with Crippen molar-refractivity contribution in [3.8, 4) is 5.75 Å². The number of rotatable bonds is 2. The smallest absolute Gasteiger partial charge is 0.253 e. The molecule has 76 valence electrons. The second-order valence-electron chi connectivity index (χ2n) is 3.38. The first-order valence-corrected chi connectivity index (χ1v) is 4.42. The van der Waals surface area contributed by atoms with Crippen molar-refractivity contribution in [3.05, 3.63) is 29.3 Å². The van der Waals surface area contributed by atoms with E-state index in [4.69, 9.17) is 4.74 Å². The Labute approximate surface area is 84.3 Å². The van der Waals surface area contributed by atoms with Crippen LogP contribution in [0.3, 0.4) is 0 Å². The lowest BCUT2D eigenvalue weighted by Gasteiger charge is -2.12. The molecule has 0 aliphatic rings. The molecule has 0 aliphatic carbocycles. The van der Waals surface area contributed by atoms with Crippen LogP contribution < -0.4 is 4.74 Å². The molecule has 3 nitrogen and oxygen atoms in total. The molecular formula is C11H15NO2. The van der Waals surface area contributed by atoms with Gasteiger partial charge in [-0.2, -0.15) is 0 Å². The van der Waals surface area contributed by atoms with E-state index in [1.165, 1.54) is 0 Å². The van der Waals surface area contributed by atoms with E-state index in [0.29, 0.717) is 0 Å². The molecule has 0 aromatic heterocycles. The summed E-state index contributed by atoms with van der Waals surface area (Å²) >= 11 is 0. The van der Waals surface area contributed by atoms with Crippen molar-refractivity contribution >= 4 is 5.91 Å². The number of aryl methyl sites for hydroxylation is 1. The molecule has 1 rings (SSSR count). The molecule has 0 N–H and O–H groups in total. The van der Waals surface area contributed by atoms with Gasteiger partial charge in [-0.1, -0.05) is 0 Å². The molecule has 0 radical (unpaired) electrons. The minimum atomic E-state index is 0.0187. The van der Waals surface area contributed by atoms with E-state index in [9.17, 15) is 4.79 Å². The summed E-state index contributed by atoms with van der Waals surface area (Å²) in [6.07, 6.45) is 0. The Balaban J connectivity index is 3.06. The quantitative estimate of drug-likeness (QED) is 0.715. The molecule has 0 bridgehead atoms. The fourth-order valence-corrected chi connectivity index (χ4v) is 1.24. The van der Waals surface area contributed by atoms with Gasteiger partial charge in [0.15, 0.2) is 0 Å². The maximum atomic E-state index is 11.7. The predicted octanol–water partition coefficient (Wildman–Crippen LogP) is 1.71. The van der Waals surface area contributed by atoms with Crippen molar-refractivity contribution < 1.29 is 9.53 Å². The molecule has 0 fully saturated rings. The second-order valence-corrected chi connectivity index (χ2v) is 3.38. The van der Waals surface area contributed by atoms with Gasteiger partial charge >= 0.3 is 0 Å². The first-order valence-electron chi connectivity index (χ1n) is 4.42. The monoisotopic (exact) mass is 193 g/mol. The highest BCUT2D eigenvalue weighted by molar-refractivity contribution is 5.95. The average Bonchev–Trinajstić information content (AvgIpc) is 2.16. The lowest BCUT2D eigenvalue weighted by Crippen LogP contribution is -2.22. The Kier molecular flexibility index (Phi) is 3.12. The van der Waals surface area contributed by atoms with Crippen molar-refractivity contribution in [2.24, 2.45) is 0 Å². The maximum absolute atomic E-state index is 11.7. The minimum absolute atomic E-state index is 0.0187. The van der Waals surface area contributed by atoms with Gasteiger partial charge in [0.05, 0.1) is 7.11 Å². The van der Waals surface area contributed by atoms with Crippen LogP contribution in [0, 0.1) is 6.92 Å². The molecule has 14 heavy (non-hydrogen) atoms. The summed E-state index contributed by atoms with van der Waals surface area (Å²) in [6.45, 7) is 1.90. The number of carbonyl (C=O) groups is 1. The molecule has 0 saturated carbocycles. The van der Waals surface area contributed by atoms with Gasteiger partial charge in [-0.05, 0) is 30.7 Å². The fraction of sp³-hybridized carbons (Fsp3) is 0.364. The molecule has 0 atom stereocenters. The van der Waals surface area contributed by atoms with Gasteiger partial charge < -0.3 is 9.64 Å². The summed E-state index contributed by atoms with van der Waals surface area (Å²) in [5.74, 6) is 0.794. The molecule has 0 unspecified atom stereocenters. The molecule has 3 heteroatoms. The molecule has 0 aliphatic heterocycles. The molecule has 1 amide bonds. The van der Waals surface area contributed by atoms with Crippen molar-refractivity contribution in [2.45, 2.75) is 6.92 Å². The fourth-order valence-electron chi connectivity index (χ4n) is 1.24. The van der Waals surface area contributed by atoms with Gasteiger partial charge in [0.1, 0.15) is 5.75 Å². The van der Waals surface area contributed by atoms with E-state index in [-0.39, 0.29) is 5.91 Å². The largest absolute Gasteiger partial charge is 0.497 e. The van der Waals surface area contributed by atoms with Crippen LogP contribution in [0.1, 0.15) is 15.9 Å². The highest BCUT2D eigenvalue weighted by Crippen LogP contribution is 2.17. The van der Waals surface area contributed by atoms with E-state index >= 15 is 0 Å². The zero-order valence-electron chi connectivity index (χ0n) is 9.00. The van der Waals surface area contributed by atoms with Crippen LogP contribution >= 0.6 is 0 Å². The zero-order valence-corrected chi connectivity index (χ0v) is 9.00. The lowest BCUT2D eigenvalue weighted by molar-refractivity contribution is 0.0827. The van der Waals surface area contributed by atoms with Crippen molar-refractivity contribution in [3.63, 3.8) is 0 Å². The number of benzene rings is 1. The third-order valence-electron chi connectivity index (χ3n) is 2.07. The topological polar surface area (TPSA) is 29.5 Å². The van der Waals surface area contributed by atoms with Crippen LogP contribution in [0.4, 0.5) is 0 Å². The highest BCUT2D eigenvalue weighted by atomic mass is 16.5. The van der Waals surface area contributed by atoms with E-state index in [1.807, 2.05) is 13.0 Å². The Morgan fingerprint density at radius 1 is 1.36 bits per heavy atom. The number of methoxy groups -OCH3 is 1. The number of amides is 1. The van der Waals surface area contributed by atoms with Crippen molar-refractivity contribution in [1.82, 2.24) is 4.90 Å². The van der Waals surface area contributed by atoms with Gasteiger partial charge in [0.25, 0.3) is 5.91 Å². The van der Waals surface area contributed by atoms with Gasteiger partial charge in [0.2, 0.25) is 0 Å². The Hall–Kier alpha value is -1.51. The lowest BCUT2D eigenvalue weighted by atomic mass is 10.1. The first-order chi connectivity index (χ1) is 6.56. The van der Waals surface area contributed by atoms with Crippen LogP contribution in [0.25, 0.3) is 0 Å². The summed E-state index contributed by atoms with van der Waals surface area (Å²) in [7, 11) is 5.10. The molecule has 0 saturated heterocycles. The summed E-state index contributed by atoms with van der Waals surface area (Å²) in [5.41, 5.74) is 1.65. The molecule has 0 spiro atoms. The Morgan fingerprint density at radius 2 is 2.00 bits per heavy atom. The third-order valence-corrected chi connectivity index (χ3v) is 2.07. The van der Waals surface area contributed by atoms with Crippen molar-refractivity contribution in [2.75, 3.05) is 21.2 Å². The molecule has 1 aromatic rings. The summed E-state index contributed by atoms with van der Waals surface area (Å²) in [5, 5.41) is 0. The zero-order chi connectivity index (χ0) is 10.7. The number of nitrogens with zero attached hydrogens (tertiary/aromatic N) is 1. The van der Waals surface area contributed by atoms with E-state index in [0.717, 1.165) is 16.9 Å². The average molecular weight is 193 g/mol. The van der Waals surface area contributed by atoms with Crippen molar-refractivity contribution in [1.29, 1.82) is 0 Å². The second kappa shape index (κ2) is 4.13. The van der Waals surface area contributed by atoms with Gasteiger partial charge in [-0.3, -0.25) is 4.79 Å². The van der Waals surface area contributed by atoms with Crippen LogP contribution in [0.5, 0.6) is 5.75 Å². The number of hydrogen-bond acceptors (Lipinski definition) is 2. The summed E-state index contributed by atoms with van der Waals surface area (Å²) in [6, 6.07) is 5.44. The number of ether oxygens (including phenoxy) is 1. The van der Waals surface area contributed by atoms with E-state index in [2.05, 4.69) is 0 Å². The molecular weight excluding hydrogens is 178 g/mol.